The molecule has 0 amide bonds. The third-order valence-corrected chi connectivity index (χ3v) is 3.42. The van der Waals surface area contributed by atoms with Gasteiger partial charge in [-0.2, -0.15) is 0 Å². The summed E-state index contributed by atoms with van der Waals surface area (Å²) in [5.74, 6) is 0.869. The van der Waals surface area contributed by atoms with Crippen molar-refractivity contribution in [2.75, 3.05) is 14.2 Å². The van der Waals surface area contributed by atoms with E-state index in [2.05, 4.69) is 16.4 Å². The Bertz CT molecular complexity index is 545. The van der Waals surface area contributed by atoms with Crippen LogP contribution in [0.25, 0.3) is 0 Å². The summed E-state index contributed by atoms with van der Waals surface area (Å²) >= 11 is 6.20. The van der Waals surface area contributed by atoms with Crippen molar-refractivity contribution < 1.29 is 4.74 Å². The number of benzene rings is 1. The molecule has 0 aliphatic carbocycles. The van der Waals surface area contributed by atoms with Crippen LogP contribution in [0.2, 0.25) is 5.02 Å². The second kappa shape index (κ2) is 6.55. The second-order valence-electron chi connectivity index (χ2n) is 4.29. The van der Waals surface area contributed by atoms with Gasteiger partial charge in [-0.15, -0.1) is 0 Å². The molecule has 4 heteroatoms. The molecule has 0 fully saturated rings. The summed E-state index contributed by atoms with van der Waals surface area (Å²) in [5, 5.41) is 3.98. The van der Waals surface area contributed by atoms with Gasteiger partial charge in [-0.25, -0.2) is 0 Å². The standard InChI is InChI=1S/C15H17ClN2O/c1-17-15(13-6-7-18-10-14(13)16)9-11-4-3-5-12(8-11)19-2/h3-8,10,15,17H,9H2,1-2H3. The molecule has 0 saturated heterocycles. The van der Waals surface area contributed by atoms with Crippen molar-refractivity contribution in [3.05, 3.63) is 58.9 Å². The number of ether oxygens (including phenoxy) is 1. The Kier molecular flexibility index (Phi) is 4.77. The summed E-state index contributed by atoms with van der Waals surface area (Å²) in [6.07, 6.45) is 4.28. The van der Waals surface area contributed by atoms with Gasteiger partial charge in [0.25, 0.3) is 0 Å². The summed E-state index contributed by atoms with van der Waals surface area (Å²) < 4.78 is 5.24. The zero-order valence-electron chi connectivity index (χ0n) is 11.1. The lowest BCUT2D eigenvalue weighted by atomic mass is 10.00. The van der Waals surface area contributed by atoms with Gasteiger partial charge in [0.15, 0.2) is 0 Å². The number of pyridine rings is 1. The van der Waals surface area contributed by atoms with E-state index < -0.39 is 0 Å². The molecule has 0 aliphatic heterocycles. The van der Waals surface area contributed by atoms with Crippen LogP contribution < -0.4 is 10.1 Å². The van der Waals surface area contributed by atoms with E-state index in [1.54, 1.807) is 19.5 Å². The molecule has 0 spiro atoms. The SMILES string of the molecule is CNC(Cc1cccc(OC)c1)c1ccncc1Cl. The first kappa shape index (κ1) is 13.8. The van der Waals surface area contributed by atoms with Gasteiger partial charge in [-0.1, -0.05) is 23.7 Å². The van der Waals surface area contributed by atoms with Gasteiger partial charge in [-0.3, -0.25) is 4.98 Å². The Balaban J connectivity index is 2.21. The smallest absolute Gasteiger partial charge is 0.119 e. The van der Waals surface area contributed by atoms with Crippen molar-refractivity contribution >= 4 is 11.6 Å². The van der Waals surface area contributed by atoms with Crippen LogP contribution in [0.3, 0.4) is 0 Å². The third kappa shape index (κ3) is 3.46. The number of hydrogen-bond acceptors (Lipinski definition) is 3. The van der Waals surface area contributed by atoms with Crippen molar-refractivity contribution in [3.63, 3.8) is 0 Å². The summed E-state index contributed by atoms with van der Waals surface area (Å²) in [4.78, 5) is 4.02. The van der Waals surface area contributed by atoms with E-state index in [-0.39, 0.29) is 6.04 Å². The van der Waals surface area contributed by atoms with Crippen molar-refractivity contribution in [1.82, 2.24) is 10.3 Å². The Hall–Kier alpha value is -1.58. The fourth-order valence-electron chi connectivity index (χ4n) is 2.07. The molecule has 2 aromatic rings. The average Bonchev–Trinajstić information content (AvgIpc) is 2.46. The van der Waals surface area contributed by atoms with Gasteiger partial charge >= 0.3 is 0 Å². The molecule has 1 heterocycles. The van der Waals surface area contributed by atoms with Gasteiger partial charge in [0.1, 0.15) is 5.75 Å². The number of hydrogen-bond donors (Lipinski definition) is 1. The number of nitrogens with one attached hydrogen (secondary N) is 1. The molecule has 0 aliphatic rings. The van der Waals surface area contributed by atoms with Crippen molar-refractivity contribution in [2.24, 2.45) is 0 Å². The molecule has 0 saturated carbocycles. The van der Waals surface area contributed by atoms with E-state index in [0.29, 0.717) is 5.02 Å². The Labute approximate surface area is 118 Å². The van der Waals surface area contributed by atoms with Crippen molar-refractivity contribution in [1.29, 1.82) is 0 Å². The molecule has 1 aromatic carbocycles. The highest BCUT2D eigenvalue weighted by Gasteiger charge is 2.13. The van der Waals surface area contributed by atoms with Crippen LogP contribution in [0.15, 0.2) is 42.7 Å². The topological polar surface area (TPSA) is 34.1 Å². The van der Waals surface area contributed by atoms with Gasteiger partial charge in [0, 0.05) is 18.4 Å². The monoisotopic (exact) mass is 276 g/mol. The number of halogens is 1. The molecule has 0 radical (unpaired) electrons. The number of aromatic nitrogens is 1. The predicted molar refractivity (Wildman–Crippen MR) is 77.7 cm³/mol. The number of nitrogens with zero attached hydrogens (tertiary/aromatic N) is 1. The number of likely N-dealkylation sites (N-methyl/N-ethyl adjacent to an activating group) is 1. The fraction of sp³-hybridized carbons (Fsp3) is 0.267. The van der Waals surface area contributed by atoms with Crippen molar-refractivity contribution in [2.45, 2.75) is 12.5 Å². The van der Waals surface area contributed by atoms with E-state index in [4.69, 9.17) is 16.3 Å². The highest BCUT2D eigenvalue weighted by atomic mass is 35.5. The van der Waals surface area contributed by atoms with Crippen LogP contribution in [0.5, 0.6) is 5.75 Å². The van der Waals surface area contributed by atoms with Crippen molar-refractivity contribution in [3.8, 4) is 5.75 Å². The third-order valence-electron chi connectivity index (χ3n) is 3.10. The zero-order chi connectivity index (χ0) is 13.7. The summed E-state index contributed by atoms with van der Waals surface area (Å²) in [5.41, 5.74) is 2.26. The molecule has 2 rings (SSSR count). The molecule has 19 heavy (non-hydrogen) atoms. The molecule has 1 atom stereocenters. The fourth-order valence-corrected chi connectivity index (χ4v) is 2.32. The van der Waals surface area contributed by atoms with Crippen LogP contribution in [-0.2, 0) is 6.42 Å². The zero-order valence-corrected chi connectivity index (χ0v) is 11.8. The molecule has 1 aromatic heterocycles. The van der Waals surface area contributed by atoms with Gasteiger partial charge in [0.05, 0.1) is 12.1 Å². The summed E-state index contributed by atoms with van der Waals surface area (Å²) in [6, 6.07) is 10.2. The van der Waals surface area contributed by atoms with Crippen LogP contribution >= 0.6 is 11.6 Å². The van der Waals surface area contributed by atoms with Gasteiger partial charge < -0.3 is 10.1 Å². The Morgan fingerprint density at radius 1 is 1.37 bits per heavy atom. The molecule has 1 N–H and O–H groups in total. The molecular formula is C15H17ClN2O. The Morgan fingerprint density at radius 2 is 2.21 bits per heavy atom. The summed E-state index contributed by atoms with van der Waals surface area (Å²) in [7, 11) is 3.61. The van der Waals surface area contributed by atoms with E-state index in [1.807, 2.05) is 31.3 Å². The highest BCUT2D eigenvalue weighted by Crippen LogP contribution is 2.25. The lowest BCUT2D eigenvalue weighted by Gasteiger charge is -2.18. The minimum atomic E-state index is 0.155. The van der Waals surface area contributed by atoms with E-state index in [1.165, 1.54) is 5.56 Å². The maximum absolute atomic E-state index is 6.20. The lowest BCUT2D eigenvalue weighted by Crippen LogP contribution is -2.19. The largest absolute Gasteiger partial charge is 0.497 e. The molecule has 1 unspecified atom stereocenters. The van der Waals surface area contributed by atoms with E-state index in [0.717, 1.165) is 17.7 Å². The maximum atomic E-state index is 6.20. The van der Waals surface area contributed by atoms with Crippen LogP contribution in [-0.4, -0.2) is 19.1 Å². The predicted octanol–water partition coefficient (Wildman–Crippen LogP) is 3.25. The first-order valence-electron chi connectivity index (χ1n) is 6.14. The Morgan fingerprint density at radius 3 is 2.89 bits per heavy atom. The first-order valence-corrected chi connectivity index (χ1v) is 6.52. The minimum Gasteiger partial charge on any atom is -0.497 e. The number of methoxy groups -OCH3 is 1. The quantitative estimate of drug-likeness (QED) is 0.910. The molecule has 100 valence electrons. The van der Waals surface area contributed by atoms with E-state index in [9.17, 15) is 0 Å². The molecule has 3 nitrogen and oxygen atoms in total. The lowest BCUT2D eigenvalue weighted by molar-refractivity contribution is 0.414. The first-order chi connectivity index (χ1) is 9.24. The molecular weight excluding hydrogens is 260 g/mol. The highest BCUT2D eigenvalue weighted by molar-refractivity contribution is 6.31. The molecule has 0 bridgehead atoms. The normalized spacial score (nSPS) is 12.2. The second-order valence-corrected chi connectivity index (χ2v) is 4.70. The number of rotatable bonds is 5. The minimum absolute atomic E-state index is 0.155. The van der Waals surface area contributed by atoms with Gasteiger partial charge in [0.2, 0.25) is 0 Å². The van der Waals surface area contributed by atoms with Crippen LogP contribution in [0.1, 0.15) is 17.2 Å². The van der Waals surface area contributed by atoms with E-state index >= 15 is 0 Å². The average molecular weight is 277 g/mol. The summed E-state index contributed by atoms with van der Waals surface area (Å²) in [6.45, 7) is 0. The van der Waals surface area contributed by atoms with Crippen LogP contribution in [0, 0.1) is 0 Å². The van der Waals surface area contributed by atoms with Crippen LogP contribution in [0.4, 0.5) is 0 Å². The maximum Gasteiger partial charge on any atom is 0.119 e. The van der Waals surface area contributed by atoms with Gasteiger partial charge in [-0.05, 0) is 42.8 Å².